The molecule has 3 rings (SSSR count). The fourth-order valence-electron chi connectivity index (χ4n) is 2.62. The van der Waals surface area contributed by atoms with Gasteiger partial charge in [-0.1, -0.05) is 41.9 Å². The van der Waals surface area contributed by atoms with E-state index in [0.717, 1.165) is 16.5 Å². The van der Waals surface area contributed by atoms with Crippen LogP contribution < -0.4 is 28.6 Å². The maximum atomic E-state index is 12.1. The molecule has 0 unspecified atom stereocenters. The van der Waals surface area contributed by atoms with Crippen LogP contribution in [0.5, 0.6) is 0 Å². The number of Topliss-reactive ketones (excluding diaryl/α,β-unsaturated/α-hetero) is 1. The molecule has 8 heteroatoms. The normalized spacial score (nSPS) is 13.8. The summed E-state index contributed by atoms with van der Waals surface area (Å²) in [5.41, 5.74) is 7.36. The van der Waals surface area contributed by atoms with Gasteiger partial charge in [-0.05, 0) is 11.5 Å². The number of ketones is 1. The van der Waals surface area contributed by atoms with Crippen molar-refractivity contribution in [3.8, 4) is 0 Å². The van der Waals surface area contributed by atoms with E-state index in [9.17, 15) is 9.59 Å². The number of fused-ring (bicyclic) bond motifs is 1. The summed E-state index contributed by atoms with van der Waals surface area (Å²) in [7, 11) is 1.78. The molecule has 1 aliphatic rings. The molecule has 0 radical (unpaired) electrons. The number of nitrogens with one attached hydrogen (secondary N) is 3. The summed E-state index contributed by atoms with van der Waals surface area (Å²) >= 11 is 6.37. The largest absolute Gasteiger partial charge is 1.00 e. The first kappa shape index (κ1) is 19.8. The van der Waals surface area contributed by atoms with Gasteiger partial charge in [0, 0.05) is 12.3 Å². The van der Waals surface area contributed by atoms with E-state index >= 15 is 0 Å². The maximum Gasteiger partial charge on any atom is 0.337 e. The molecule has 0 aliphatic carbocycles. The molecule has 6 nitrogen and oxygen atoms in total. The molecule has 0 atom stereocenters. The Bertz CT molecular complexity index is 938. The average molecular weight is 393 g/mol. The Hall–Kier alpha value is -2.57. The lowest BCUT2D eigenvalue weighted by Gasteiger charge is -2.15. The predicted molar refractivity (Wildman–Crippen MR) is 98.8 cm³/mol. The van der Waals surface area contributed by atoms with Gasteiger partial charge in [-0.2, -0.15) is 0 Å². The number of carbonyl (C=O) groups is 2. The second-order valence-corrected chi connectivity index (χ2v) is 6.18. The summed E-state index contributed by atoms with van der Waals surface area (Å²) in [6.45, 7) is 1.87. The van der Waals surface area contributed by atoms with Crippen LogP contribution in [0.25, 0.3) is 10.8 Å². The molecule has 0 bridgehead atoms. The van der Waals surface area contributed by atoms with E-state index in [1.165, 1.54) is 6.21 Å². The van der Waals surface area contributed by atoms with E-state index in [0.29, 0.717) is 16.4 Å². The Kier molecular flexibility index (Phi) is 6.23. The van der Waals surface area contributed by atoms with Crippen molar-refractivity contribution < 1.29 is 26.6 Å². The van der Waals surface area contributed by atoms with Crippen LogP contribution in [-0.2, 0) is 4.79 Å². The minimum atomic E-state index is -0.470. The highest BCUT2D eigenvalue weighted by Gasteiger charge is 2.22. The van der Waals surface area contributed by atoms with E-state index in [4.69, 9.17) is 11.6 Å². The summed E-state index contributed by atoms with van der Waals surface area (Å²) in [6.07, 6.45) is 1.74. The lowest BCUT2D eigenvalue weighted by Crippen LogP contribution is -3.00. The van der Waals surface area contributed by atoms with Gasteiger partial charge in [0.2, 0.25) is 12.0 Å². The summed E-state index contributed by atoms with van der Waals surface area (Å²) < 4.78 is 1.72. The van der Waals surface area contributed by atoms with E-state index < -0.39 is 6.03 Å². The highest BCUT2D eigenvalue weighted by Crippen LogP contribution is 2.30. The number of hydrazine groups is 1. The highest BCUT2D eigenvalue weighted by molar-refractivity contribution is 6.38. The van der Waals surface area contributed by atoms with Crippen molar-refractivity contribution >= 4 is 46.1 Å². The van der Waals surface area contributed by atoms with Crippen LogP contribution in [0.3, 0.4) is 0 Å². The third-order valence-electron chi connectivity index (χ3n) is 4.09. The van der Waals surface area contributed by atoms with E-state index in [1.54, 1.807) is 17.7 Å². The van der Waals surface area contributed by atoms with E-state index in [1.807, 2.05) is 37.3 Å². The van der Waals surface area contributed by atoms with Crippen LogP contribution in [0.2, 0.25) is 5.02 Å². The number of halogens is 2. The maximum absolute atomic E-state index is 12.1. The van der Waals surface area contributed by atoms with Gasteiger partial charge < -0.3 is 17.7 Å². The number of anilines is 1. The van der Waals surface area contributed by atoms with E-state index in [-0.39, 0.29) is 24.6 Å². The summed E-state index contributed by atoms with van der Waals surface area (Å²) in [4.78, 5) is 23.8. The number of urea groups is 1. The fourth-order valence-corrected chi connectivity index (χ4v) is 2.91. The molecule has 26 heavy (non-hydrogen) atoms. The third kappa shape index (κ3) is 4.15. The van der Waals surface area contributed by atoms with Crippen molar-refractivity contribution in [1.29, 1.82) is 0 Å². The van der Waals surface area contributed by atoms with Crippen LogP contribution in [-0.4, -0.2) is 29.7 Å². The first-order valence-electron chi connectivity index (χ1n) is 7.76. The van der Waals surface area contributed by atoms with Gasteiger partial charge >= 0.3 is 6.03 Å². The number of allylic oxidation sites excluding steroid dienone is 2. The minimum Gasteiger partial charge on any atom is -1.00 e. The monoisotopic (exact) mass is 392 g/mol. The molecule has 2 amide bonds. The van der Waals surface area contributed by atoms with Crippen molar-refractivity contribution in [2.24, 2.45) is 0 Å². The zero-order valence-corrected chi connectivity index (χ0v) is 15.8. The summed E-state index contributed by atoms with van der Waals surface area (Å²) in [5.74, 6) is -0.0321. The molecule has 0 fully saturated rings. The Labute approximate surface area is 162 Å². The number of benzene rings is 2. The summed E-state index contributed by atoms with van der Waals surface area (Å²) in [5, 5.41) is 5.05. The third-order valence-corrected chi connectivity index (χ3v) is 4.50. The minimum absolute atomic E-state index is 0. The van der Waals surface area contributed by atoms with Crippen molar-refractivity contribution in [2.45, 2.75) is 13.3 Å². The van der Waals surface area contributed by atoms with Gasteiger partial charge in [-0.25, -0.2) is 9.37 Å². The molecule has 2 aromatic rings. The first-order chi connectivity index (χ1) is 12.0. The van der Waals surface area contributed by atoms with Crippen LogP contribution in [0.15, 0.2) is 47.8 Å². The van der Waals surface area contributed by atoms with E-state index in [2.05, 4.69) is 16.2 Å². The molecule has 1 heterocycles. The molecular weight excluding hydrogens is 375 g/mol. The predicted octanol–water partition coefficient (Wildman–Crippen LogP) is 0.0407. The van der Waals surface area contributed by atoms with Gasteiger partial charge in [0.25, 0.3) is 0 Å². The molecule has 0 saturated heterocycles. The Morgan fingerprint density at radius 2 is 1.92 bits per heavy atom. The second kappa shape index (κ2) is 8.21. The van der Waals surface area contributed by atoms with Crippen LogP contribution >= 0.6 is 11.6 Å². The highest BCUT2D eigenvalue weighted by atomic mass is 35.5. The van der Waals surface area contributed by atoms with Crippen molar-refractivity contribution in [3.63, 3.8) is 0 Å². The van der Waals surface area contributed by atoms with Crippen molar-refractivity contribution in [3.05, 3.63) is 52.8 Å². The van der Waals surface area contributed by atoms with Crippen LogP contribution in [0, 0.1) is 0 Å². The number of hydrogen-bond donors (Lipinski definition) is 3. The zero-order valence-electron chi connectivity index (χ0n) is 14.3. The number of carbonyl (C=O) groups excluding carboxylic acids is 2. The Morgan fingerprint density at radius 3 is 2.69 bits per heavy atom. The van der Waals surface area contributed by atoms with Gasteiger partial charge in [0.1, 0.15) is 12.7 Å². The smallest absolute Gasteiger partial charge is 0.337 e. The molecule has 0 spiro atoms. The topological polar surface area (TPSA) is 73.2 Å². The average Bonchev–Trinajstić information content (AvgIpc) is 2.59. The first-order valence-corrected chi connectivity index (χ1v) is 8.14. The molecule has 2 aromatic carbocycles. The lowest BCUT2D eigenvalue weighted by atomic mass is 10.1. The van der Waals surface area contributed by atoms with Gasteiger partial charge in [0.05, 0.1) is 17.1 Å². The molecule has 136 valence electrons. The quantitative estimate of drug-likeness (QED) is 0.510. The molecular formula is C18H18Cl2N4O2. The van der Waals surface area contributed by atoms with Crippen molar-refractivity contribution in [1.82, 2.24) is 10.9 Å². The Morgan fingerprint density at radius 1 is 1.19 bits per heavy atom. The zero-order chi connectivity index (χ0) is 18.0. The van der Waals surface area contributed by atoms with Gasteiger partial charge in [-0.3, -0.25) is 15.6 Å². The molecule has 0 aromatic heterocycles. The number of nitrogens with zero attached hydrogens (tertiary/aromatic N) is 1. The Balaban J connectivity index is 0.00000243. The SMILES string of the molecule is CC1=C(NNC(=O)Nc2ccc3ccccc3c2Cl)CC(=O)C=[N+]1C.[Cl-]. The standard InChI is InChI=1S/C18H17ClN4O2.ClH/c1-11-16(9-13(24)10-23(11)2)21-22-18(25)20-15-8-7-12-5-3-4-6-14(12)17(15)19;/h3-8,10H,9H2,1-2H3,(H2,20,24,25);1H. The molecule has 3 N–H and O–H groups in total. The number of rotatable bonds is 3. The molecule has 1 aliphatic heterocycles. The van der Waals surface area contributed by atoms with Crippen molar-refractivity contribution in [2.75, 3.05) is 12.4 Å². The number of amides is 2. The second-order valence-electron chi connectivity index (χ2n) is 5.80. The van der Waals surface area contributed by atoms with Crippen LogP contribution in [0.1, 0.15) is 13.3 Å². The lowest BCUT2D eigenvalue weighted by molar-refractivity contribution is -0.440. The summed E-state index contributed by atoms with van der Waals surface area (Å²) in [6, 6.07) is 10.8. The fraction of sp³-hybridized carbons (Fsp3) is 0.167. The van der Waals surface area contributed by atoms with Gasteiger partial charge in [0.15, 0.2) is 5.70 Å². The van der Waals surface area contributed by atoms with Gasteiger partial charge in [-0.15, -0.1) is 0 Å². The van der Waals surface area contributed by atoms with Crippen LogP contribution in [0.4, 0.5) is 10.5 Å². The number of hydrogen-bond acceptors (Lipinski definition) is 3. The molecule has 0 saturated carbocycles.